The number of imidazole rings is 1. The van der Waals surface area contributed by atoms with Gasteiger partial charge in [-0.25, -0.2) is 4.98 Å². The molecule has 3 rings (SSSR count). The van der Waals surface area contributed by atoms with Crippen molar-refractivity contribution in [3.63, 3.8) is 0 Å². The number of nitrogens with zero attached hydrogens (tertiary/aromatic N) is 3. The summed E-state index contributed by atoms with van der Waals surface area (Å²) in [7, 11) is 0. The Kier molecular flexibility index (Phi) is 5.30. The zero-order valence-corrected chi connectivity index (χ0v) is 14.8. The van der Waals surface area contributed by atoms with Crippen LogP contribution in [0, 0.1) is 16.0 Å². The first-order valence-electron chi connectivity index (χ1n) is 8.54. The summed E-state index contributed by atoms with van der Waals surface area (Å²) in [6, 6.07) is 12.6. The van der Waals surface area contributed by atoms with Crippen molar-refractivity contribution in [2.24, 2.45) is 5.92 Å². The normalized spacial score (nSPS) is 13.1. The third-order valence-corrected chi connectivity index (χ3v) is 4.52. The van der Waals surface area contributed by atoms with Crippen LogP contribution in [0.3, 0.4) is 0 Å². The van der Waals surface area contributed by atoms with Gasteiger partial charge in [-0.05, 0) is 37.3 Å². The molecule has 0 bridgehead atoms. The predicted molar refractivity (Wildman–Crippen MR) is 99.3 cm³/mol. The van der Waals surface area contributed by atoms with Crippen molar-refractivity contribution >= 4 is 5.78 Å². The van der Waals surface area contributed by atoms with Crippen LogP contribution in [0.15, 0.2) is 77.8 Å². The van der Waals surface area contributed by atoms with E-state index in [9.17, 15) is 14.9 Å². The maximum absolute atomic E-state index is 13.3. The van der Waals surface area contributed by atoms with Gasteiger partial charge in [0.15, 0.2) is 5.82 Å². The van der Waals surface area contributed by atoms with E-state index < -0.39 is 16.8 Å². The van der Waals surface area contributed by atoms with Gasteiger partial charge in [0, 0.05) is 24.0 Å². The molecular formula is C20H19N3O4. The number of aromatic nitrogens is 2. The molecule has 0 aliphatic rings. The first kappa shape index (κ1) is 18.3. The Balaban J connectivity index is 2.02. The lowest BCUT2D eigenvalue weighted by molar-refractivity contribution is -0.430. The van der Waals surface area contributed by atoms with Crippen molar-refractivity contribution in [1.82, 2.24) is 9.55 Å². The number of carbonyl (C=O) groups excluding carboxylic acids is 1. The fourth-order valence-corrected chi connectivity index (χ4v) is 3.20. The highest BCUT2D eigenvalue weighted by Crippen LogP contribution is 2.36. The maximum Gasteiger partial charge on any atom is 0.250 e. The number of allylic oxidation sites excluding steroid dienone is 1. The number of benzene rings is 1. The Bertz CT molecular complexity index is 945. The number of ketones is 1. The van der Waals surface area contributed by atoms with E-state index >= 15 is 0 Å². The van der Waals surface area contributed by atoms with Gasteiger partial charge in [-0.1, -0.05) is 25.1 Å². The fourth-order valence-electron chi connectivity index (χ4n) is 3.20. The molecule has 0 aliphatic heterocycles. The molecule has 138 valence electrons. The number of para-hydroxylation sites is 1. The second-order valence-corrected chi connectivity index (χ2v) is 6.08. The molecule has 0 saturated carbocycles. The zero-order valence-electron chi connectivity index (χ0n) is 14.8. The number of furan rings is 1. The molecule has 0 amide bonds. The molecule has 1 aromatic carbocycles. The van der Waals surface area contributed by atoms with Crippen molar-refractivity contribution < 1.29 is 14.1 Å². The number of carbonyl (C=O) groups is 1. The summed E-state index contributed by atoms with van der Waals surface area (Å²) in [5.41, 5.74) is 0.513. The third-order valence-electron chi connectivity index (χ3n) is 4.52. The lowest BCUT2D eigenvalue weighted by Crippen LogP contribution is -2.27. The van der Waals surface area contributed by atoms with E-state index in [1.54, 1.807) is 22.9 Å². The average Bonchev–Trinajstić information content (AvgIpc) is 3.37. The lowest BCUT2D eigenvalue weighted by atomic mass is 9.82. The van der Waals surface area contributed by atoms with E-state index in [0.29, 0.717) is 12.2 Å². The molecule has 7 nitrogen and oxygen atoms in total. The van der Waals surface area contributed by atoms with Crippen molar-refractivity contribution in [3.8, 4) is 5.69 Å². The van der Waals surface area contributed by atoms with Crippen LogP contribution < -0.4 is 0 Å². The third kappa shape index (κ3) is 3.57. The molecule has 0 spiro atoms. The molecule has 0 saturated heterocycles. The highest BCUT2D eigenvalue weighted by atomic mass is 16.6. The van der Waals surface area contributed by atoms with Crippen molar-refractivity contribution in [2.75, 3.05) is 0 Å². The molecule has 27 heavy (non-hydrogen) atoms. The van der Waals surface area contributed by atoms with Gasteiger partial charge in [0.2, 0.25) is 11.5 Å². The second kappa shape index (κ2) is 7.82. The average molecular weight is 365 g/mol. The van der Waals surface area contributed by atoms with Crippen LogP contribution in [-0.2, 0) is 0 Å². The van der Waals surface area contributed by atoms with Crippen LogP contribution >= 0.6 is 0 Å². The minimum absolute atomic E-state index is 0.223. The zero-order chi connectivity index (χ0) is 19.4. The molecule has 0 aliphatic carbocycles. The molecule has 7 heteroatoms. The maximum atomic E-state index is 13.3. The highest BCUT2D eigenvalue weighted by Gasteiger charge is 2.39. The van der Waals surface area contributed by atoms with E-state index in [1.165, 1.54) is 12.5 Å². The topological polar surface area (TPSA) is 91.2 Å². The molecule has 2 atom stereocenters. The van der Waals surface area contributed by atoms with Crippen LogP contribution in [-0.4, -0.2) is 20.3 Å². The highest BCUT2D eigenvalue weighted by molar-refractivity contribution is 5.96. The Morgan fingerprint density at radius 1 is 1.30 bits per heavy atom. The van der Waals surface area contributed by atoms with Gasteiger partial charge in [0.05, 0.1) is 11.2 Å². The largest absolute Gasteiger partial charge is 0.468 e. The van der Waals surface area contributed by atoms with Crippen LogP contribution in [0.25, 0.3) is 5.69 Å². The van der Waals surface area contributed by atoms with Crippen molar-refractivity contribution in [1.29, 1.82) is 0 Å². The summed E-state index contributed by atoms with van der Waals surface area (Å²) >= 11 is 0. The number of hydrogen-bond donors (Lipinski definition) is 0. The van der Waals surface area contributed by atoms with Crippen LogP contribution in [0.1, 0.15) is 35.6 Å². The first-order chi connectivity index (χ1) is 13.0. The summed E-state index contributed by atoms with van der Waals surface area (Å²) in [5, 5.41) is 11.4. The molecule has 2 aromatic heterocycles. The van der Waals surface area contributed by atoms with E-state index in [2.05, 4.69) is 11.6 Å². The fraction of sp³-hybridized carbons (Fsp3) is 0.200. The summed E-state index contributed by atoms with van der Waals surface area (Å²) in [6.07, 6.45) is 5.03. The molecule has 2 heterocycles. The molecule has 0 radical (unpaired) electrons. The minimum Gasteiger partial charge on any atom is -0.468 e. The first-order valence-corrected chi connectivity index (χ1v) is 8.54. The SMILES string of the molecule is C=C(C(c1ccco1)C(CC)C(=O)c1nccn1-c1ccccc1)[N+](=O)[O-]. The van der Waals surface area contributed by atoms with E-state index in [0.717, 1.165) is 5.69 Å². The van der Waals surface area contributed by atoms with Gasteiger partial charge >= 0.3 is 0 Å². The van der Waals surface area contributed by atoms with Gasteiger partial charge in [0.1, 0.15) is 11.7 Å². The Hall–Kier alpha value is -3.48. The summed E-state index contributed by atoms with van der Waals surface area (Å²) in [6.45, 7) is 5.39. The predicted octanol–water partition coefficient (Wildman–Crippen LogP) is 4.25. The van der Waals surface area contributed by atoms with Crippen molar-refractivity contribution in [2.45, 2.75) is 19.3 Å². The molecular weight excluding hydrogens is 346 g/mol. The standard InChI is InChI=1S/C20H19N3O4/c1-3-16(18(14(2)23(25)26)17-10-7-13-27-17)19(24)20-21-11-12-22(20)15-8-5-4-6-9-15/h4-13,16,18H,2-3H2,1H3. The van der Waals surface area contributed by atoms with Gasteiger partial charge < -0.3 is 4.42 Å². The Labute approximate surface area is 156 Å². The summed E-state index contributed by atoms with van der Waals surface area (Å²) < 4.78 is 7.07. The molecule has 3 aromatic rings. The molecule has 2 unspecified atom stereocenters. The Morgan fingerprint density at radius 2 is 2.04 bits per heavy atom. The molecule has 0 fully saturated rings. The summed E-state index contributed by atoms with van der Waals surface area (Å²) in [5.74, 6) is -1.32. The number of hydrogen-bond acceptors (Lipinski definition) is 5. The molecule has 0 N–H and O–H groups in total. The quantitative estimate of drug-likeness (QED) is 0.338. The van der Waals surface area contributed by atoms with E-state index in [-0.39, 0.29) is 17.3 Å². The minimum atomic E-state index is -0.867. The van der Waals surface area contributed by atoms with Crippen LogP contribution in [0.4, 0.5) is 0 Å². The number of Topliss-reactive ketones (excluding diaryl/α,β-unsaturated/α-hetero) is 1. The summed E-state index contributed by atoms with van der Waals surface area (Å²) in [4.78, 5) is 28.3. The monoisotopic (exact) mass is 365 g/mol. The Morgan fingerprint density at radius 3 is 2.63 bits per heavy atom. The van der Waals surface area contributed by atoms with Gasteiger partial charge in [-0.2, -0.15) is 0 Å². The lowest BCUT2D eigenvalue weighted by Gasteiger charge is -2.21. The van der Waals surface area contributed by atoms with Crippen LogP contribution in [0.5, 0.6) is 0 Å². The number of nitro groups is 1. The van der Waals surface area contributed by atoms with Gasteiger partial charge in [0.25, 0.3) is 0 Å². The van der Waals surface area contributed by atoms with Gasteiger partial charge in [-0.3, -0.25) is 19.5 Å². The second-order valence-electron chi connectivity index (χ2n) is 6.08. The van der Waals surface area contributed by atoms with Crippen molar-refractivity contribution in [3.05, 3.63) is 95.1 Å². The van der Waals surface area contributed by atoms with Gasteiger partial charge in [-0.15, -0.1) is 0 Å². The van der Waals surface area contributed by atoms with E-state index in [1.807, 2.05) is 37.3 Å². The smallest absolute Gasteiger partial charge is 0.250 e. The van der Waals surface area contributed by atoms with E-state index in [4.69, 9.17) is 4.42 Å². The van der Waals surface area contributed by atoms with Crippen LogP contribution in [0.2, 0.25) is 0 Å². The number of rotatable bonds is 8.